The third-order valence-corrected chi connectivity index (χ3v) is 3.00. The second kappa shape index (κ2) is 12.7. The van der Waals surface area contributed by atoms with Crippen LogP contribution in [0.1, 0.15) is 46.5 Å². The van der Waals surface area contributed by atoms with Crippen molar-refractivity contribution in [3.05, 3.63) is 0 Å². The molecular formula is C14H32N4. The van der Waals surface area contributed by atoms with E-state index in [1.165, 1.54) is 32.2 Å². The molecule has 108 valence electrons. The first-order chi connectivity index (χ1) is 8.78. The maximum absolute atomic E-state index is 4.23. The zero-order valence-corrected chi connectivity index (χ0v) is 12.8. The average Bonchev–Trinajstić information content (AvgIpc) is 2.40. The van der Waals surface area contributed by atoms with Crippen LogP contribution in [0, 0.1) is 0 Å². The van der Waals surface area contributed by atoms with E-state index in [0.717, 1.165) is 32.1 Å². The van der Waals surface area contributed by atoms with Gasteiger partial charge in [-0.3, -0.25) is 4.99 Å². The summed E-state index contributed by atoms with van der Waals surface area (Å²) in [5.41, 5.74) is 0. The molecule has 0 bridgehead atoms. The Morgan fingerprint density at radius 2 is 1.67 bits per heavy atom. The molecule has 0 aromatic carbocycles. The number of aliphatic imine (C=N–C) groups is 1. The van der Waals surface area contributed by atoms with Gasteiger partial charge in [0.1, 0.15) is 0 Å². The van der Waals surface area contributed by atoms with E-state index >= 15 is 0 Å². The van der Waals surface area contributed by atoms with E-state index in [-0.39, 0.29) is 0 Å². The van der Waals surface area contributed by atoms with Crippen LogP contribution in [-0.4, -0.2) is 50.6 Å². The summed E-state index contributed by atoms with van der Waals surface area (Å²) in [6.45, 7) is 12.0. The minimum Gasteiger partial charge on any atom is -0.356 e. The van der Waals surface area contributed by atoms with Gasteiger partial charge in [-0.1, -0.05) is 33.6 Å². The molecule has 0 aromatic rings. The van der Waals surface area contributed by atoms with Gasteiger partial charge < -0.3 is 15.5 Å². The maximum atomic E-state index is 4.23. The highest BCUT2D eigenvalue weighted by Crippen LogP contribution is 1.91. The SMILES string of the molecule is CCCCCNC(=NC)NCCN(CC)CCC. The first kappa shape index (κ1) is 17.2. The summed E-state index contributed by atoms with van der Waals surface area (Å²) in [4.78, 5) is 6.69. The van der Waals surface area contributed by atoms with Crippen LogP contribution in [0.3, 0.4) is 0 Å². The number of nitrogens with one attached hydrogen (secondary N) is 2. The molecule has 0 heterocycles. The van der Waals surface area contributed by atoms with E-state index in [2.05, 4.69) is 41.3 Å². The van der Waals surface area contributed by atoms with Gasteiger partial charge in [0.2, 0.25) is 0 Å². The monoisotopic (exact) mass is 256 g/mol. The third-order valence-electron chi connectivity index (χ3n) is 3.00. The van der Waals surface area contributed by atoms with Gasteiger partial charge in [0, 0.05) is 26.7 Å². The van der Waals surface area contributed by atoms with Crippen LogP contribution in [0.2, 0.25) is 0 Å². The lowest BCUT2D eigenvalue weighted by Crippen LogP contribution is -2.42. The first-order valence-corrected chi connectivity index (χ1v) is 7.45. The highest BCUT2D eigenvalue weighted by Gasteiger charge is 2.01. The molecule has 0 aliphatic rings. The Morgan fingerprint density at radius 1 is 0.944 bits per heavy atom. The van der Waals surface area contributed by atoms with E-state index in [4.69, 9.17) is 0 Å². The fraction of sp³-hybridized carbons (Fsp3) is 0.929. The quantitative estimate of drug-likeness (QED) is 0.357. The molecule has 18 heavy (non-hydrogen) atoms. The number of nitrogens with zero attached hydrogens (tertiary/aromatic N) is 2. The number of likely N-dealkylation sites (N-methyl/N-ethyl adjacent to an activating group) is 1. The Morgan fingerprint density at radius 3 is 2.22 bits per heavy atom. The van der Waals surface area contributed by atoms with Crippen LogP contribution in [-0.2, 0) is 0 Å². The van der Waals surface area contributed by atoms with Crippen molar-refractivity contribution in [3.8, 4) is 0 Å². The van der Waals surface area contributed by atoms with E-state index in [0.29, 0.717) is 0 Å². The van der Waals surface area contributed by atoms with Gasteiger partial charge in [-0.05, 0) is 25.9 Å². The number of hydrogen-bond acceptors (Lipinski definition) is 2. The second-order valence-electron chi connectivity index (χ2n) is 4.57. The lowest BCUT2D eigenvalue weighted by molar-refractivity contribution is 0.293. The average molecular weight is 256 g/mol. The molecule has 0 amide bonds. The predicted molar refractivity (Wildman–Crippen MR) is 81.3 cm³/mol. The molecule has 0 aromatic heterocycles. The minimum atomic E-state index is 0.929. The summed E-state index contributed by atoms with van der Waals surface area (Å²) < 4.78 is 0. The van der Waals surface area contributed by atoms with Gasteiger partial charge in [-0.2, -0.15) is 0 Å². The van der Waals surface area contributed by atoms with Gasteiger partial charge in [0.05, 0.1) is 0 Å². The molecule has 0 aliphatic heterocycles. The Kier molecular flexibility index (Phi) is 12.1. The fourth-order valence-electron chi connectivity index (χ4n) is 1.88. The van der Waals surface area contributed by atoms with Crippen LogP contribution < -0.4 is 10.6 Å². The van der Waals surface area contributed by atoms with Crippen molar-refractivity contribution < 1.29 is 0 Å². The Balaban J connectivity index is 3.66. The van der Waals surface area contributed by atoms with Crippen molar-refractivity contribution in [3.63, 3.8) is 0 Å². The smallest absolute Gasteiger partial charge is 0.191 e. The fourth-order valence-corrected chi connectivity index (χ4v) is 1.88. The zero-order chi connectivity index (χ0) is 13.6. The van der Waals surface area contributed by atoms with Gasteiger partial charge in [0.25, 0.3) is 0 Å². The molecule has 0 unspecified atom stereocenters. The molecule has 0 radical (unpaired) electrons. The molecule has 0 saturated carbocycles. The Bertz CT molecular complexity index is 204. The van der Waals surface area contributed by atoms with E-state index in [9.17, 15) is 0 Å². The van der Waals surface area contributed by atoms with Gasteiger partial charge in [0.15, 0.2) is 5.96 Å². The predicted octanol–water partition coefficient (Wildman–Crippen LogP) is 2.07. The topological polar surface area (TPSA) is 39.7 Å². The molecule has 4 nitrogen and oxygen atoms in total. The van der Waals surface area contributed by atoms with E-state index < -0.39 is 0 Å². The minimum absolute atomic E-state index is 0.929. The molecule has 0 rings (SSSR count). The van der Waals surface area contributed by atoms with Crippen molar-refractivity contribution in [2.24, 2.45) is 4.99 Å². The van der Waals surface area contributed by atoms with Gasteiger partial charge >= 0.3 is 0 Å². The largest absolute Gasteiger partial charge is 0.356 e. The summed E-state index contributed by atoms with van der Waals surface area (Å²) in [5.74, 6) is 0.929. The molecule has 4 heteroatoms. The normalized spacial score (nSPS) is 11.9. The van der Waals surface area contributed by atoms with Crippen LogP contribution >= 0.6 is 0 Å². The van der Waals surface area contributed by atoms with Crippen molar-refractivity contribution in [2.75, 3.05) is 39.8 Å². The maximum Gasteiger partial charge on any atom is 0.191 e. The molecule has 2 N–H and O–H groups in total. The summed E-state index contributed by atoms with van der Waals surface area (Å²) >= 11 is 0. The van der Waals surface area contributed by atoms with Crippen LogP contribution in [0.15, 0.2) is 4.99 Å². The molecule has 0 spiro atoms. The summed E-state index contributed by atoms with van der Waals surface area (Å²) in [6.07, 6.45) is 4.98. The molecule has 0 saturated heterocycles. The number of hydrogen-bond donors (Lipinski definition) is 2. The van der Waals surface area contributed by atoms with E-state index in [1.807, 2.05) is 7.05 Å². The molecule has 0 aliphatic carbocycles. The van der Waals surface area contributed by atoms with Gasteiger partial charge in [-0.15, -0.1) is 0 Å². The Labute approximate surface area is 113 Å². The summed E-state index contributed by atoms with van der Waals surface area (Å²) in [7, 11) is 1.83. The van der Waals surface area contributed by atoms with Crippen molar-refractivity contribution in [1.29, 1.82) is 0 Å². The Hall–Kier alpha value is -0.770. The number of rotatable bonds is 10. The van der Waals surface area contributed by atoms with Crippen molar-refractivity contribution >= 4 is 5.96 Å². The highest BCUT2D eigenvalue weighted by molar-refractivity contribution is 5.79. The van der Waals surface area contributed by atoms with Crippen molar-refractivity contribution in [2.45, 2.75) is 46.5 Å². The lowest BCUT2D eigenvalue weighted by atomic mass is 10.2. The third kappa shape index (κ3) is 9.28. The molecule has 0 fully saturated rings. The van der Waals surface area contributed by atoms with Crippen LogP contribution in [0.25, 0.3) is 0 Å². The molecular weight excluding hydrogens is 224 g/mol. The highest BCUT2D eigenvalue weighted by atomic mass is 15.2. The molecule has 0 atom stereocenters. The first-order valence-electron chi connectivity index (χ1n) is 7.45. The summed E-state index contributed by atoms with van der Waals surface area (Å²) in [5, 5.41) is 6.72. The zero-order valence-electron chi connectivity index (χ0n) is 12.8. The number of unbranched alkanes of at least 4 members (excludes halogenated alkanes) is 2. The summed E-state index contributed by atoms with van der Waals surface area (Å²) in [6, 6.07) is 0. The second-order valence-corrected chi connectivity index (χ2v) is 4.57. The van der Waals surface area contributed by atoms with Crippen molar-refractivity contribution in [1.82, 2.24) is 15.5 Å². The number of guanidine groups is 1. The lowest BCUT2D eigenvalue weighted by Gasteiger charge is -2.20. The van der Waals surface area contributed by atoms with Crippen LogP contribution in [0.4, 0.5) is 0 Å². The van der Waals surface area contributed by atoms with Crippen LogP contribution in [0.5, 0.6) is 0 Å². The van der Waals surface area contributed by atoms with Gasteiger partial charge in [-0.25, -0.2) is 0 Å². The van der Waals surface area contributed by atoms with E-state index in [1.54, 1.807) is 0 Å². The standard InChI is InChI=1S/C14H32N4/c1-5-8-9-10-16-14(15-4)17-11-13-18(7-3)12-6-2/h5-13H2,1-4H3,(H2,15,16,17).